The SMILES string of the molecule is Clc1ccc(Cn2c3[n+](c4ccccc42)CCN3)c(Cl)c1. The molecule has 3 nitrogen and oxygen atoms in total. The molecule has 21 heavy (non-hydrogen) atoms. The van der Waals surface area contributed by atoms with Gasteiger partial charge in [-0.1, -0.05) is 41.4 Å². The first-order chi connectivity index (χ1) is 10.2. The van der Waals surface area contributed by atoms with Crippen LogP contribution in [0.5, 0.6) is 0 Å². The van der Waals surface area contributed by atoms with Gasteiger partial charge in [-0.05, 0) is 24.3 Å². The number of halogens is 2. The number of nitrogens with one attached hydrogen (secondary N) is 1. The molecule has 0 fully saturated rings. The van der Waals surface area contributed by atoms with E-state index in [1.807, 2.05) is 12.1 Å². The van der Waals surface area contributed by atoms with Crippen molar-refractivity contribution < 1.29 is 4.57 Å². The number of nitrogens with zero attached hydrogens (tertiary/aromatic N) is 2. The van der Waals surface area contributed by atoms with Gasteiger partial charge >= 0.3 is 5.95 Å². The summed E-state index contributed by atoms with van der Waals surface area (Å²) >= 11 is 12.3. The molecule has 3 aromatic rings. The van der Waals surface area contributed by atoms with Gasteiger partial charge in [0.1, 0.15) is 17.6 Å². The molecule has 1 N–H and O–H groups in total. The van der Waals surface area contributed by atoms with E-state index in [1.165, 1.54) is 11.0 Å². The summed E-state index contributed by atoms with van der Waals surface area (Å²) in [6, 6.07) is 14.1. The molecule has 0 radical (unpaired) electrons. The van der Waals surface area contributed by atoms with Gasteiger partial charge in [0, 0.05) is 15.6 Å². The lowest BCUT2D eigenvalue weighted by atomic mass is 10.2. The maximum Gasteiger partial charge on any atom is 0.358 e. The van der Waals surface area contributed by atoms with Gasteiger partial charge in [0.2, 0.25) is 0 Å². The molecule has 2 heterocycles. The Morgan fingerprint density at radius 2 is 2.00 bits per heavy atom. The highest BCUT2D eigenvalue weighted by Crippen LogP contribution is 2.26. The second-order valence-electron chi connectivity index (χ2n) is 5.21. The first-order valence-electron chi connectivity index (χ1n) is 6.93. The van der Waals surface area contributed by atoms with Crippen molar-refractivity contribution in [1.29, 1.82) is 0 Å². The van der Waals surface area contributed by atoms with Crippen LogP contribution in [0.15, 0.2) is 42.5 Å². The average molecular weight is 319 g/mol. The monoisotopic (exact) mass is 318 g/mol. The predicted molar refractivity (Wildman–Crippen MR) is 86.2 cm³/mol. The van der Waals surface area contributed by atoms with E-state index in [0.717, 1.165) is 31.1 Å². The Bertz CT molecular complexity index is 839. The maximum absolute atomic E-state index is 6.32. The molecule has 0 saturated heterocycles. The van der Waals surface area contributed by atoms with E-state index in [4.69, 9.17) is 23.2 Å². The third-order valence-corrected chi connectivity index (χ3v) is 4.52. The highest BCUT2D eigenvalue weighted by Gasteiger charge is 2.28. The Balaban J connectivity index is 1.87. The van der Waals surface area contributed by atoms with Crippen LogP contribution in [0, 0.1) is 0 Å². The van der Waals surface area contributed by atoms with Crippen molar-refractivity contribution in [1.82, 2.24) is 4.57 Å². The smallest absolute Gasteiger partial charge is 0.274 e. The van der Waals surface area contributed by atoms with Gasteiger partial charge in [-0.2, -0.15) is 0 Å². The molecule has 0 saturated carbocycles. The van der Waals surface area contributed by atoms with Crippen LogP contribution in [-0.2, 0) is 13.1 Å². The molecule has 0 aliphatic carbocycles. The number of hydrogen-bond acceptors (Lipinski definition) is 1. The van der Waals surface area contributed by atoms with Crippen molar-refractivity contribution >= 4 is 40.2 Å². The molecule has 0 amide bonds. The van der Waals surface area contributed by atoms with Crippen molar-refractivity contribution in [2.75, 3.05) is 11.9 Å². The molecule has 0 atom stereocenters. The van der Waals surface area contributed by atoms with Crippen LogP contribution in [-0.4, -0.2) is 11.1 Å². The van der Waals surface area contributed by atoms with Gasteiger partial charge in [-0.15, -0.1) is 0 Å². The molecule has 4 rings (SSSR count). The standard InChI is InChI=1S/C16H13Cl2N3/c17-12-6-5-11(13(18)9-12)10-21-15-4-2-1-3-14(15)20-8-7-19-16(20)21/h1-6,9H,7-8,10H2/p+1. The van der Waals surface area contributed by atoms with Crippen LogP contribution in [0.1, 0.15) is 5.56 Å². The largest absolute Gasteiger partial charge is 0.358 e. The van der Waals surface area contributed by atoms with E-state index < -0.39 is 0 Å². The summed E-state index contributed by atoms with van der Waals surface area (Å²) < 4.78 is 4.59. The van der Waals surface area contributed by atoms with Crippen LogP contribution in [0.2, 0.25) is 10.0 Å². The van der Waals surface area contributed by atoms with Crippen molar-refractivity contribution in [2.45, 2.75) is 13.1 Å². The van der Waals surface area contributed by atoms with Crippen molar-refractivity contribution in [3.63, 3.8) is 0 Å². The summed E-state index contributed by atoms with van der Waals surface area (Å²) in [5.74, 6) is 1.14. The normalized spacial score (nSPS) is 13.4. The highest BCUT2D eigenvalue weighted by atomic mass is 35.5. The van der Waals surface area contributed by atoms with Crippen molar-refractivity contribution in [3.05, 3.63) is 58.1 Å². The fourth-order valence-electron chi connectivity index (χ4n) is 2.97. The lowest BCUT2D eigenvalue weighted by Gasteiger charge is -2.05. The lowest BCUT2D eigenvalue weighted by Crippen LogP contribution is -2.29. The molecule has 2 aromatic carbocycles. The molecular weight excluding hydrogens is 305 g/mol. The van der Waals surface area contributed by atoms with E-state index in [9.17, 15) is 0 Å². The summed E-state index contributed by atoms with van der Waals surface area (Å²) in [5, 5.41) is 4.84. The fraction of sp³-hybridized carbons (Fsp3) is 0.188. The van der Waals surface area contributed by atoms with Crippen LogP contribution < -0.4 is 9.88 Å². The minimum atomic E-state index is 0.666. The molecule has 0 bridgehead atoms. The Morgan fingerprint density at radius 3 is 2.86 bits per heavy atom. The molecule has 106 valence electrons. The molecule has 1 aromatic heterocycles. The number of anilines is 1. The van der Waals surface area contributed by atoms with Crippen LogP contribution in [0.3, 0.4) is 0 Å². The minimum Gasteiger partial charge on any atom is -0.274 e. The van der Waals surface area contributed by atoms with Gasteiger partial charge in [0.05, 0.1) is 13.1 Å². The zero-order valence-electron chi connectivity index (χ0n) is 11.3. The second kappa shape index (κ2) is 4.93. The molecule has 0 unspecified atom stereocenters. The first kappa shape index (κ1) is 13.0. The van der Waals surface area contributed by atoms with E-state index >= 15 is 0 Å². The maximum atomic E-state index is 6.32. The summed E-state index contributed by atoms with van der Waals surface area (Å²) in [4.78, 5) is 0. The summed E-state index contributed by atoms with van der Waals surface area (Å²) in [6.07, 6.45) is 0. The van der Waals surface area contributed by atoms with Gasteiger partial charge < -0.3 is 0 Å². The summed E-state index contributed by atoms with van der Waals surface area (Å²) in [5.41, 5.74) is 3.53. The summed E-state index contributed by atoms with van der Waals surface area (Å²) in [6.45, 7) is 2.69. The molecule has 1 aliphatic heterocycles. The third-order valence-electron chi connectivity index (χ3n) is 3.94. The molecule has 1 aliphatic rings. The Kier molecular flexibility index (Phi) is 3.05. The van der Waals surface area contributed by atoms with Crippen molar-refractivity contribution in [3.8, 4) is 0 Å². The second-order valence-corrected chi connectivity index (χ2v) is 6.06. The van der Waals surface area contributed by atoms with Crippen LogP contribution >= 0.6 is 23.2 Å². The molecule has 5 heteroatoms. The molecule has 0 spiro atoms. The lowest BCUT2D eigenvalue weighted by molar-refractivity contribution is -0.644. The predicted octanol–water partition coefficient (Wildman–Crippen LogP) is 3.71. The Morgan fingerprint density at radius 1 is 1.14 bits per heavy atom. The van der Waals surface area contributed by atoms with Gasteiger partial charge in [-0.25, -0.2) is 9.13 Å². The topological polar surface area (TPSA) is 20.8 Å². The zero-order valence-corrected chi connectivity index (χ0v) is 12.8. The van der Waals surface area contributed by atoms with E-state index in [2.05, 4.69) is 38.7 Å². The van der Waals surface area contributed by atoms with Gasteiger partial charge in [0.25, 0.3) is 0 Å². The van der Waals surface area contributed by atoms with E-state index in [0.29, 0.717) is 10.0 Å². The average Bonchev–Trinajstić information content (AvgIpc) is 3.04. The zero-order chi connectivity index (χ0) is 14.4. The third kappa shape index (κ3) is 2.08. The number of hydrogen-bond donors (Lipinski definition) is 1. The van der Waals surface area contributed by atoms with Crippen LogP contribution in [0.4, 0.5) is 5.95 Å². The van der Waals surface area contributed by atoms with Gasteiger partial charge in [0.15, 0.2) is 0 Å². The number of fused-ring (bicyclic) bond motifs is 3. The van der Waals surface area contributed by atoms with E-state index in [1.54, 1.807) is 6.07 Å². The number of para-hydroxylation sites is 2. The Labute approximate surface area is 132 Å². The van der Waals surface area contributed by atoms with E-state index in [-0.39, 0.29) is 0 Å². The summed E-state index contributed by atoms with van der Waals surface area (Å²) in [7, 11) is 0. The Hall–Kier alpha value is -1.71. The first-order valence-corrected chi connectivity index (χ1v) is 7.68. The highest BCUT2D eigenvalue weighted by molar-refractivity contribution is 6.35. The number of rotatable bonds is 2. The minimum absolute atomic E-state index is 0.666. The van der Waals surface area contributed by atoms with Crippen LogP contribution in [0.25, 0.3) is 11.0 Å². The van der Waals surface area contributed by atoms with Crippen molar-refractivity contribution in [2.24, 2.45) is 0 Å². The fourth-order valence-corrected chi connectivity index (χ4v) is 3.44. The van der Waals surface area contributed by atoms with Gasteiger partial charge in [-0.3, -0.25) is 5.32 Å². The molecular formula is C16H14Cl2N3+. The number of imidazole rings is 1. The number of benzene rings is 2. The quantitative estimate of drug-likeness (QED) is 0.714. The number of aromatic nitrogens is 2.